The monoisotopic (exact) mass is 246 g/mol. The quantitative estimate of drug-likeness (QED) is 0.806. The first-order valence-electron chi connectivity index (χ1n) is 5.56. The van der Waals surface area contributed by atoms with E-state index in [0.29, 0.717) is 11.5 Å². The first kappa shape index (κ1) is 10.4. The van der Waals surface area contributed by atoms with Gasteiger partial charge in [0.2, 0.25) is 0 Å². The first-order valence-corrected chi connectivity index (χ1v) is 6.44. The summed E-state index contributed by atoms with van der Waals surface area (Å²) in [7, 11) is 0. The van der Waals surface area contributed by atoms with Gasteiger partial charge in [-0.1, -0.05) is 0 Å². The number of nitrogen functional groups attached to an aromatic ring is 2. The van der Waals surface area contributed by atoms with E-state index in [9.17, 15) is 0 Å². The van der Waals surface area contributed by atoms with E-state index in [1.165, 1.54) is 10.4 Å². The van der Waals surface area contributed by atoms with Crippen molar-refractivity contribution in [1.29, 1.82) is 0 Å². The van der Waals surface area contributed by atoms with Crippen molar-refractivity contribution in [2.24, 2.45) is 0 Å². The van der Waals surface area contributed by atoms with Crippen LogP contribution in [0, 0.1) is 0 Å². The third-order valence-corrected chi connectivity index (χ3v) is 4.10. The van der Waals surface area contributed by atoms with Crippen molar-refractivity contribution in [1.82, 2.24) is 4.98 Å². The van der Waals surface area contributed by atoms with Gasteiger partial charge in [0.25, 0.3) is 0 Å². The van der Waals surface area contributed by atoms with Gasteiger partial charge in [-0.2, -0.15) is 0 Å². The summed E-state index contributed by atoms with van der Waals surface area (Å²) in [6.45, 7) is 1.90. The summed E-state index contributed by atoms with van der Waals surface area (Å²) in [4.78, 5) is 8.07. The van der Waals surface area contributed by atoms with Gasteiger partial charge in [-0.3, -0.25) is 0 Å². The molecule has 2 aromatic heterocycles. The van der Waals surface area contributed by atoms with E-state index >= 15 is 0 Å². The number of hydrogen-bond acceptors (Lipinski definition) is 5. The third-order valence-electron chi connectivity index (χ3n) is 3.07. The van der Waals surface area contributed by atoms with E-state index in [-0.39, 0.29) is 0 Å². The van der Waals surface area contributed by atoms with Crippen molar-refractivity contribution in [3.8, 4) is 0 Å². The first-order chi connectivity index (χ1) is 8.24. The van der Waals surface area contributed by atoms with Crippen LogP contribution in [0.15, 0.2) is 23.6 Å². The second-order valence-corrected chi connectivity index (χ2v) is 5.19. The van der Waals surface area contributed by atoms with Crippen LogP contribution in [0.4, 0.5) is 17.3 Å². The summed E-state index contributed by atoms with van der Waals surface area (Å²) in [6, 6.07) is 5.94. The van der Waals surface area contributed by atoms with Gasteiger partial charge in [0.05, 0.1) is 5.69 Å². The molecule has 4 N–H and O–H groups in total. The topological polar surface area (TPSA) is 68.2 Å². The fourth-order valence-electron chi connectivity index (χ4n) is 2.10. The van der Waals surface area contributed by atoms with Gasteiger partial charge in [-0.05, 0) is 35.6 Å². The Balaban J connectivity index is 1.89. The van der Waals surface area contributed by atoms with Gasteiger partial charge >= 0.3 is 0 Å². The van der Waals surface area contributed by atoms with Crippen molar-refractivity contribution in [3.05, 3.63) is 34.0 Å². The molecule has 0 bridgehead atoms. The average molecular weight is 246 g/mol. The van der Waals surface area contributed by atoms with Crippen LogP contribution in [0.25, 0.3) is 0 Å². The molecule has 0 saturated carbocycles. The number of fused-ring (bicyclic) bond motifs is 1. The van der Waals surface area contributed by atoms with Crippen molar-refractivity contribution < 1.29 is 0 Å². The summed E-state index contributed by atoms with van der Waals surface area (Å²) in [5, 5.41) is 2.15. The van der Waals surface area contributed by atoms with Crippen LogP contribution in [0.2, 0.25) is 0 Å². The van der Waals surface area contributed by atoms with Crippen molar-refractivity contribution in [2.75, 3.05) is 22.9 Å². The highest BCUT2D eigenvalue weighted by Gasteiger charge is 2.18. The number of nitrogens with two attached hydrogens (primary N) is 2. The molecule has 0 fully saturated rings. The molecule has 0 radical (unpaired) electrons. The molecular weight excluding hydrogens is 232 g/mol. The van der Waals surface area contributed by atoms with Crippen LogP contribution in [0.5, 0.6) is 0 Å². The summed E-state index contributed by atoms with van der Waals surface area (Å²) in [5.41, 5.74) is 13.4. The van der Waals surface area contributed by atoms with E-state index in [2.05, 4.69) is 21.3 Å². The van der Waals surface area contributed by atoms with Crippen LogP contribution in [0.1, 0.15) is 10.4 Å². The molecule has 0 spiro atoms. The molecule has 1 aliphatic heterocycles. The average Bonchev–Trinajstić information content (AvgIpc) is 2.79. The maximum atomic E-state index is 5.74. The minimum absolute atomic E-state index is 0.415. The lowest BCUT2D eigenvalue weighted by molar-refractivity contribution is 0.733. The maximum Gasteiger partial charge on any atom is 0.149 e. The molecular formula is C12H14N4S. The van der Waals surface area contributed by atoms with E-state index in [1.807, 2.05) is 23.5 Å². The molecule has 0 aromatic carbocycles. The molecule has 0 atom stereocenters. The predicted molar refractivity (Wildman–Crippen MR) is 72.1 cm³/mol. The Bertz CT molecular complexity index is 549. The molecule has 0 saturated heterocycles. The lowest BCUT2D eigenvalue weighted by Gasteiger charge is -2.28. The highest BCUT2D eigenvalue weighted by Crippen LogP contribution is 2.27. The summed E-state index contributed by atoms with van der Waals surface area (Å²) >= 11 is 1.84. The molecule has 0 unspecified atom stereocenters. The predicted octanol–water partition coefficient (Wildman–Crippen LogP) is 1.87. The Kier molecular flexibility index (Phi) is 2.40. The summed E-state index contributed by atoms with van der Waals surface area (Å²) < 4.78 is 0. The summed E-state index contributed by atoms with van der Waals surface area (Å²) in [5.74, 6) is 1.33. The SMILES string of the molecule is Nc1ccc(N2CCc3sccc3C2)nc1N. The molecule has 17 heavy (non-hydrogen) atoms. The summed E-state index contributed by atoms with van der Waals surface area (Å²) in [6.07, 6.45) is 1.08. The van der Waals surface area contributed by atoms with Gasteiger partial charge in [0.1, 0.15) is 11.6 Å². The molecule has 0 aliphatic carbocycles. The third kappa shape index (κ3) is 1.82. The Morgan fingerprint density at radius 2 is 2.12 bits per heavy atom. The van der Waals surface area contributed by atoms with Crippen molar-refractivity contribution >= 4 is 28.7 Å². The Labute approximate surface area is 104 Å². The number of thiophene rings is 1. The number of hydrogen-bond donors (Lipinski definition) is 2. The van der Waals surface area contributed by atoms with Gasteiger partial charge < -0.3 is 16.4 Å². The number of anilines is 3. The number of nitrogens with zero attached hydrogens (tertiary/aromatic N) is 2. The Morgan fingerprint density at radius 1 is 1.24 bits per heavy atom. The van der Waals surface area contributed by atoms with Crippen LogP contribution < -0.4 is 16.4 Å². The molecule has 3 rings (SSSR count). The lowest BCUT2D eigenvalue weighted by atomic mass is 10.1. The fourth-order valence-corrected chi connectivity index (χ4v) is 2.98. The zero-order chi connectivity index (χ0) is 11.8. The van der Waals surface area contributed by atoms with E-state index in [0.717, 1.165) is 25.3 Å². The second-order valence-electron chi connectivity index (χ2n) is 4.18. The second kappa shape index (κ2) is 3.92. The van der Waals surface area contributed by atoms with Gasteiger partial charge in [-0.25, -0.2) is 4.98 Å². The molecule has 0 amide bonds. The lowest BCUT2D eigenvalue weighted by Crippen LogP contribution is -2.30. The minimum atomic E-state index is 0.415. The Hall–Kier alpha value is -1.75. The number of aromatic nitrogens is 1. The normalized spacial score (nSPS) is 14.7. The largest absolute Gasteiger partial charge is 0.396 e. The van der Waals surface area contributed by atoms with Gasteiger partial charge in [0.15, 0.2) is 0 Å². The smallest absolute Gasteiger partial charge is 0.149 e. The molecule has 3 heterocycles. The van der Waals surface area contributed by atoms with Crippen LogP contribution in [0.3, 0.4) is 0 Å². The van der Waals surface area contributed by atoms with E-state index in [4.69, 9.17) is 11.5 Å². The zero-order valence-electron chi connectivity index (χ0n) is 9.39. The van der Waals surface area contributed by atoms with Crippen molar-refractivity contribution in [3.63, 3.8) is 0 Å². The fraction of sp³-hybridized carbons (Fsp3) is 0.250. The molecule has 2 aromatic rings. The highest BCUT2D eigenvalue weighted by molar-refractivity contribution is 7.10. The van der Waals surface area contributed by atoms with E-state index in [1.54, 1.807) is 0 Å². The number of rotatable bonds is 1. The molecule has 5 heteroatoms. The molecule has 4 nitrogen and oxygen atoms in total. The van der Waals surface area contributed by atoms with Gasteiger partial charge in [-0.15, -0.1) is 11.3 Å². The zero-order valence-corrected chi connectivity index (χ0v) is 10.2. The highest BCUT2D eigenvalue weighted by atomic mass is 32.1. The Morgan fingerprint density at radius 3 is 2.94 bits per heavy atom. The van der Waals surface area contributed by atoms with E-state index < -0.39 is 0 Å². The van der Waals surface area contributed by atoms with Crippen LogP contribution >= 0.6 is 11.3 Å². The van der Waals surface area contributed by atoms with Crippen LogP contribution in [-0.2, 0) is 13.0 Å². The van der Waals surface area contributed by atoms with Crippen LogP contribution in [-0.4, -0.2) is 11.5 Å². The maximum absolute atomic E-state index is 5.74. The number of pyridine rings is 1. The minimum Gasteiger partial charge on any atom is -0.396 e. The molecule has 88 valence electrons. The van der Waals surface area contributed by atoms with Gasteiger partial charge in [0, 0.05) is 18.0 Å². The molecule has 1 aliphatic rings. The standard InChI is InChI=1S/C12H14N4S/c13-9-1-2-11(15-12(9)14)16-5-3-10-8(7-16)4-6-17-10/h1-2,4,6H,3,5,7,13H2,(H2,14,15). The van der Waals surface area contributed by atoms with Crippen molar-refractivity contribution in [2.45, 2.75) is 13.0 Å².